The Morgan fingerprint density at radius 1 is 1.03 bits per heavy atom. The second-order valence-corrected chi connectivity index (χ2v) is 7.60. The minimum atomic E-state index is -4.80. The molecule has 0 aliphatic carbocycles. The highest BCUT2D eigenvalue weighted by Crippen LogP contribution is 2.27. The summed E-state index contributed by atoms with van der Waals surface area (Å²) in [6.45, 7) is 1.91. The number of halogens is 3. The molecule has 10 heteroatoms. The quantitative estimate of drug-likeness (QED) is 0.327. The molecule has 1 atom stereocenters. The van der Waals surface area contributed by atoms with E-state index in [-0.39, 0.29) is 11.6 Å². The molecule has 2 N–H and O–H groups in total. The molecule has 0 radical (unpaired) electrons. The number of aldehydes is 1. The maximum atomic E-state index is 12.6. The van der Waals surface area contributed by atoms with Gasteiger partial charge in [0.1, 0.15) is 17.9 Å². The second kappa shape index (κ2) is 9.80. The molecule has 1 aromatic heterocycles. The van der Waals surface area contributed by atoms with Crippen molar-refractivity contribution >= 4 is 34.6 Å². The first-order valence-corrected chi connectivity index (χ1v) is 10.5. The van der Waals surface area contributed by atoms with E-state index in [1.165, 1.54) is 18.5 Å². The molecule has 0 saturated carbocycles. The van der Waals surface area contributed by atoms with Gasteiger partial charge in [-0.1, -0.05) is 18.2 Å². The Kier molecular flexibility index (Phi) is 6.63. The van der Waals surface area contributed by atoms with Gasteiger partial charge in [-0.05, 0) is 61.0 Å². The van der Waals surface area contributed by atoms with Crippen molar-refractivity contribution in [3.63, 3.8) is 0 Å². The number of anilines is 2. The maximum absolute atomic E-state index is 12.6. The number of benzene rings is 3. The van der Waals surface area contributed by atoms with Gasteiger partial charge in [-0.15, -0.1) is 13.2 Å². The van der Waals surface area contributed by atoms with Crippen LogP contribution >= 0.6 is 0 Å². The molecule has 4 rings (SSSR count). The predicted molar refractivity (Wildman–Crippen MR) is 124 cm³/mol. The highest BCUT2D eigenvalue weighted by Gasteiger charge is 2.31. The molecule has 0 aliphatic heterocycles. The van der Waals surface area contributed by atoms with Crippen molar-refractivity contribution in [2.75, 3.05) is 10.6 Å². The topological polar surface area (TPSA) is 93.2 Å². The summed E-state index contributed by atoms with van der Waals surface area (Å²) < 4.78 is 40.8. The molecular weight excluding hydrogens is 461 g/mol. The van der Waals surface area contributed by atoms with Gasteiger partial charge in [-0.2, -0.15) is 0 Å². The molecule has 0 bridgehead atoms. The van der Waals surface area contributed by atoms with Crippen LogP contribution in [0, 0.1) is 0 Å². The Hall–Kier alpha value is -4.47. The zero-order chi connectivity index (χ0) is 25.0. The van der Waals surface area contributed by atoms with E-state index in [2.05, 4.69) is 25.3 Å². The van der Waals surface area contributed by atoms with Crippen LogP contribution in [0.4, 0.5) is 24.7 Å². The third kappa shape index (κ3) is 5.72. The summed E-state index contributed by atoms with van der Waals surface area (Å²) in [4.78, 5) is 32.4. The number of nitrogens with one attached hydrogen (secondary N) is 2. The highest BCUT2D eigenvalue weighted by molar-refractivity contribution is 6.04. The normalized spacial score (nSPS) is 12.1. The fourth-order valence-corrected chi connectivity index (χ4v) is 3.51. The van der Waals surface area contributed by atoms with Crippen LogP contribution in [0.3, 0.4) is 0 Å². The van der Waals surface area contributed by atoms with E-state index in [1.807, 2.05) is 19.1 Å². The predicted octanol–water partition coefficient (Wildman–Crippen LogP) is 5.77. The number of nitrogens with zero attached hydrogens (tertiary/aromatic N) is 2. The first-order valence-electron chi connectivity index (χ1n) is 10.5. The molecule has 0 fully saturated rings. The van der Waals surface area contributed by atoms with Crippen molar-refractivity contribution in [1.82, 2.24) is 9.97 Å². The number of rotatable bonds is 7. The summed E-state index contributed by atoms with van der Waals surface area (Å²) in [5.74, 6) is -0.334. The van der Waals surface area contributed by atoms with Gasteiger partial charge in [-0.3, -0.25) is 9.59 Å². The van der Waals surface area contributed by atoms with E-state index in [1.54, 1.807) is 30.3 Å². The van der Waals surface area contributed by atoms with Crippen LogP contribution in [0.5, 0.6) is 5.75 Å². The Labute approximate surface area is 198 Å². The largest absolute Gasteiger partial charge is 0.573 e. The van der Waals surface area contributed by atoms with E-state index in [9.17, 15) is 22.8 Å². The Balaban J connectivity index is 1.48. The van der Waals surface area contributed by atoms with E-state index in [4.69, 9.17) is 0 Å². The van der Waals surface area contributed by atoms with Gasteiger partial charge in [0, 0.05) is 22.2 Å². The van der Waals surface area contributed by atoms with E-state index < -0.39 is 18.0 Å². The van der Waals surface area contributed by atoms with E-state index in [0.29, 0.717) is 28.0 Å². The maximum Gasteiger partial charge on any atom is 0.573 e. The molecule has 3 aromatic carbocycles. The zero-order valence-electron chi connectivity index (χ0n) is 18.3. The number of carbonyl (C=O) groups is 2. The zero-order valence-corrected chi connectivity index (χ0v) is 18.3. The van der Waals surface area contributed by atoms with E-state index >= 15 is 0 Å². The molecule has 1 heterocycles. The van der Waals surface area contributed by atoms with Crippen LogP contribution in [-0.2, 0) is 0 Å². The molecule has 1 unspecified atom stereocenters. The summed E-state index contributed by atoms with van der Waals surface area (Å²) in [7, 11) is 0. The van der Waals surface area contributed by atoms with Crippen molar-refractivity contribution in [3.05, 3.63) is 89.7 Å². The fourth-order valence-electron chi connectivity index (χ4n) is 3.51. The van der Waals surface area contributed by atoms with Crippen LogP contribution in [0.2, 0.25) is 0 Å². The smallest absolute Gasteiger partial charge is 0.406 e. The number of para-hydroxylation sites is 1. The number of hydrogen-bond acceptors (Lipinski definition) is 6. The third-order valence-electron chi connectivity index (χ3n) is 5.17. The summed E-state index contributed by atoms with van der Waals surface area (Å²) in [5.41, 5.74) is 2.53. The monoisotopic (exact) mass is 480 g/mol. The molecule has 1 amide bonds. The highest BCUT2D eigenvalue weighted by atomic mass is 19.4. The number of hydrogen-bond donors (Lipinski definition) is 2. The SMILES string of the molecule is CC(Nc1ncnc2c(C=O)cccc12)c1cccc(NC(=O)c2ccc(OC(F)(F)F)cc2)c1. The lowest BCUT2D eigenvalue weighted by molar-refractivity contribution is -0.274. The summed E-state index contributed by atoms with van der Waals surface area (Å²) in [6.07, 6.45) is -2.68. The molecule has 178 valence electrons. The number of ether oxygens (including phenoxy) is 1. The van der Waals surface area contributed by atoms with Crippen LogP contribution in [0.1, 0.15) is 39.2 Å². The van der Waals surface area contributed by atoms with E-state index in [0.717, 1.165) is 24.0 Å². The molecule has 0 saturated heterocycles. The molecule has 0 aliphatic rings. The van der Waals surface area contributed by atoms with Crippen molar-refractivity contribution in [2.24, 2.45) is 0 Å². The van der Waals surface area contributed by atoms with Crippen molar-refractivity contribution in [1.29, 1.82) is 0 Å². The van der Waals surface area contributed by atoms with Crippen LogP contribution in [-0.4, -0.2) is 28.5 Å². The second-order valence-electron chi connectivity index (χ2n) is 7.60. The lowest BCUT2D eigenvalue weighted by Gasteiger charge is -2.17. The van der Waals surface area contributed by atoms with Crippen LogP contribution in [0.25, 0.3) is 10.9 Å². The Morgan fingerprint density at radius 3 is 2.49 bits per heavy atom. The third-order valence-corrected chi connectivity index (χ3v) is 5.17. The van der Waals surface area contributed by atoms with Crippen molar-refractivity contribution in [3.8, 4) is 5.75 Å². The lowest BCUT2D eigenvalue weighted by atomic mass is 10.1. The van der Waals surface area contributed by atoms with Crippen LogP contribution in [0.15, 0.2) is 73.1 Å². The Morgan fingerprint density at radius 2 is 1.77 bits per heavy atom. The van der Waals surface area contributed by atoms with Gasteiger partial charge in [-0.25, -0.2) is 9.97 Å². The lowest BCUT2D eigenvalue weighted by Crippen LogP contribution is -2.17. The molecule has 4 aromatic rings. The first kappa shape index (κ1) is 23.7. The molecule has 35 heavy (non-hydrogen) atoms. The molecule has 0 spiro atoms. The number of carbonyl (C=O) groups excluding carboxylic acids is 2. The molecular formula is C25H19F3N4O3. The molecule has 7 nitrogen and oxygen atoms in total. The van der Waals surface area contributed by atoms with Crippen LogP contribution < -0.4 is 15.4 Å². The summed E-state index contributed by atoms with van der Waals surface area (Å²) in [5, 5.41) is 6.74. The number of fused-ring (bicyclic) bond motifs is 1. The summed E-state index contributed by atoms with van der Waals surface area (Å²) in [6, 6.07) is 16.8. The fraction of sp³-hybridized carbons (Fsp3) is 0.120. The summed E-state index contributed by atoms with van der Waals surface area (Å²) >= 11 is 0. The van der Waals surface area contributed by atoms with Gasteiger partial charge in [0.15, 0.2) is 6.29 Å². The number of amides is 1. The Bertz CT molecular complexity index is 1370. The average Bonchev–Trinajstić information content (AvgIpc) is 2.83. The minimum Gasteiger partial charge on any atom is -0.406 e. The standard InChI is InChI=1S/C25H19F3N4O3/c1-15(31-23-21-7-3-5-18(13-33)22(21)29-14-30-23)17-4-2-6-19(12-17)32-24(34)16-8-10-20(11-9-16)35-25(26,27)28/h2-15H,1H3,(H,32,34)(H,29,30,31). The van der Waals surface area contributed by atoms with Gasteiger partial charge < -0.3 is 15.4 Å². The van der Waals surface area contributed by atoms with Gasteiger partial charge >= 0.3 is 6.36 Å². The average molecular weight is 480 g/mol. The number of aromatic nitrogens is 2. The van der Waals surface area contributed by atoms with Crippen molar-refractivity contribution in [2.45, 2.75) is 19.3 Å². The number of alkyl halides is 3. The van der Waals surface area contributed by atoms with Gasteiger partial charge in [0.2, 0.25) is 0 Å². The van der Waals surface area contributed by atoms with Crippen molar-refractivity contribution < 1.29 is 27.5 Å². The minimum absolute atomic E-state index is 0.175. The van der Waals surface area contributed by atoms with Gasteiger partial charge in [0.25, 0.3) is 5.91 Å². The van der Waals surface area contributed by atoms with Gasteiger partial charge in [0.05, 0.1) is 11.6 Å². The first-order chi connectivity index (χ1) is 16.7.